The van der Waals surface area contributed by atoms with E-state index in [0.717, 1.165) is 29.5 Å². The summed E-state index contributed by atoms with van der Waals surface area (Å²) in [6, 6.07) is 20.5. The molecule has 1 fully saturated rings. The molecule has 4 nitrogen and oxygen atoms in total. The predicted octanol–water partition coefficient (Wildman–Crippen LogP) is 4.65. The Labute approximate surface area is 159 Å². The van der Waals surface area contributed by atoms with Gasteiger partial charge in [0.1, 0.15) is 6.10 Å². The van der Waals surface area contributed by atoms with Crippen molar-refractivity contribution in [3.63, 3.8) is 0 Å². The predicted molar refractivity (Wildman–Crippen MR) is 104 cm³/mol. The SMILES string of the molecule is O=C([C@@H]1CCCO1)N(Cc1ccoc1)Cc1cccc(-c2ccccc2)c1. The summed E-state index contributed by atoms with van der Waals surface area (Å²) in [4.78, 5) is 14.9. The number of benzene rings is 2. The standard InChI is InChI=1S/C23H23NO3/c25-23(22-10-5-12-27-22)24(16-19-11-13-26-17-19)15-18-6-4-9-21(14-18)20-7-2-1-3-8-20/h1-4,6-9,11,13-14,17,22H,5,10,12,15-16H2/t22-/m0/s1. The number of nitrogens with zero attached hydrogens (tertiary/aromatic N) is 1. The molecular weight excluding hydrogens is 338 g/mol. The molecule has 4 rings (SSSR count). The molecule has 2 heterocycles. The van der Waals surface area contributed by atoms with Crippen LogP contribution in [0.5, 0.6) is 0 Å². The van der Waals surface area contributed by atoms with Crippen LogP contribution in [0.4, 0.5) is 0 Å². The summed E-state index contributed by atoms with van der Waals surface area (Å²) in [6.45, 7) is 1.73. The Kier molecular flexibility index (Phi) is 5.35. The summed E-state index contributed by atoms with van der Waals surface area (Å²) >= 11 is 0. The molecule has 0 spiro atoms. The number of carbonyl (C=O) groups is 1. The highest BCUT2D eigenvalue weighted by Crippen LogP contribution is 2.23. The van der Waals surface area contributed by atoms with Gasteiger partial charge in [-0.1, -0.05) is 48.5 Å². The number of hydrogen-bond donors (Lipinski definition) is 0. The first-order valence-corrected chi connectivity index (χ1v) is 9.35. The van der Waals surface area contributed by atoms with Crippen LogP contribution in [0.2, 0.25) is 0 Å². The lowest BCUT2D eigenvalue weighted by atomic mass is 10.0. The minimum atomic E-state index is -0.325. The second-order valence-electron chi connectivity index (χ2n) is 6.89. The van der Waals surface area contributed by atoms with E-state index in [-0.39, 0.29) is 12.0 Å². The lowest BCUT2D eigenvalue weighted by molar-refractivity contribution is -0.142. The Bertz CT molecular complexity index is 868. The third-order valence-corrected chi connectivity index (χ3v) is 4.88. The molecule has 1 atom stereocenters. The van der Waals surface area contributed by atoms with Crippen LogP contribution >= 0.6 is 0 Å². The Balaban J connectivity index is 1.56. The fraction of sp³-hybridized carbons (Fsp3) is 0.261. The minimum absolute atomic E-state index is 0.0545. The maximum Gasteiger partial charge on any atom is 0.252 e. The molecule has 0 radical (unpaired) electrons. The van der Waals surface area contributed by atoms with Crippen molar-refractivity contribution in [2.75, 3.05) is 6.61 Å². The fourth-order valence-corrected chi connectivity index (χ4v) is 3.49. The van der Waals surface area contributed by atoms with Crippen molar-refractivity contribution in [3.05, 3.63) is 84.3 Å². The third kappa shape index (κ3) is 4.29. The molecule has 1 amide bonds. The monoisotopic (exact) mass is 361 g/mol. The quantitative estimate of drug-likeness (QED) is 0.642. The highest BCUT2D eigenvalue weighted by molar-refractivity contribution is 5.81. The molecule has 2 aromatic carbocycles. The number of ether oxygens (including phenoxy) is 1. The zero-order valence-electron chi connectivity index (χ0n) is 15.2. The Morgan fingerprint density at radius 3 is 2.52 bits per heavy atom. The topological polar surface area (TPSA) is 42.7 Å². The molecule has 1 aliphatic rings. The van der Waals surface area contributed by atoms with Gasteiger partial charge in [0.05, 0.1) is 12.5 Å². The molecular formula is C23H23NO3. The smallest absolute Gasteiger partial charge is 0.252 e. The number of amides is 1. The van der Waals surface area contributed by atoms with Crippen LogP contribution in [-0.2, 0) is 22.6 Å². The van der Waals surface area contributed by atoms with Crippen LogP contribution in [0.25, 0.3) is 11.1 Å². The van der Waals surface area contributed by atoms with E-state index in [2.05, 4.69) is 30.3 Å². The van der Waals surface area contributed by atoms with Crippen molar-refractivity contribution in [3.8, 4) is 11.1 Å². The normalized spacial score (nSPS) is 16.4. The van der Waals surface area contributed by atoms with Crippen molar-refractivity contribution in [1.29, 1.82) is 0 Å². The van der Waals surface area contributed by atoms with E-state index in [4.69, 9.17) is 9.15 Å². The summed E-state index contributed by atoms with van der Waals surface area (Å²) in [6.07, 6.45) is 4.75. The van der Waals surface area contributed by atoms with E-state index in [0.29, 0.717) is 19.7 Å². The van der Waals surface area contributed by atoms with Gasteiger partial charge in [-0.05, 0) is 41.7 Å². The minimum Gasteiger partial charge on any atom is -0.472 e. The van der Waals surface area contributed by atoms with Gasteiger partial charge in [0.25, 0.3) is 5.91 Å². The average Bonchev–Trinajstić information content (AvgIpc) is 3.42. The zero-order valence-corrected chi connectivity index (χ0v) is 15.2. The first-order valence-electron chi connectivity index (χ1n) is 9.35. The number of hydrogen-bond acceptors (Lipinski definition) is 3. The Hall–Kier alpha value is -2.85. The molecule has 1 aromatic heterocycles. The Morgan fingerprint density at radius 2 is 1.78 bits per heavy atom. The van der Waals surface area contributed by atoms with Gasteiger partial charge in [0.2, 0.25) is 0 Å². The molecule has 4 heteroatoms. The number of furan rings is 1. The molecule has 1 saturated heterocycles. The van der Waals surface area contributed by atoms with Gasteiger partial charge in [-0.3, -0.25) is 4.79 Å². The lowest BCUT2D eigenvalue weighted by Crippen LogP contribution is -2.38. The summed E-state index contributed by atoms with van der Waals surface area (Å²) < 4.78 is 10.8. The van der Waals surface area contributed by atoms with E-state index in [9.17, 15) is 4.79 Å². The number of rotatable bonds is 6. The molecule has 0 N–H and O–H groups in total. The maximum atomic E-state index is 13.0. The molecule has 1 aliphatic heterocycles. The van der Waals surface area contributed by atoms with E-state index >= 15 is 0 Å². The fourth-order valence-electron chi connectivity index (χ4n) is 3.49. The molecule has 0 bridgehead atoms. The largest absolute Gasteiger partial charge is 0.472 e. The van der Waals surface area contributed by atoms with Gasteiger partial charge in [-0.2, -0.15) is 0 Å². The van der Waals surface area contributed by atoms with Crippen LogP contribution in [0.1, 0.15) is 24.0 Å². The first kappa shape index (κ1) is 17.6. The summed E-state index contributed by atoms with van der Waals surface area (Å²) in [7, 11) is 0. The van der Waals surface area contributed by atoms with Crippen molar-refractivity contribution in [1.82, 2.24) is 4.90 Å². The first-order chi connectivity index (χ1) is 13.3. The van der Waals surface area contributed by atoms with Gasteiger partial charge in [0, 0.05) is 25.3 Å². The summed E-state index contributed by atoms with van der Waals surface area (Å²) in [5, 5.41) is 0. The molecule has 0 saturated carbocycles. The van der Waals surface area contributed by atoms with Gasteiger partial charge in [-0.25, -0.2) is 0 Å². The molecule has 0 unspecified atom stereocenters. The summed E-state index contributed by atoms with van der Waals surface area (Å²) in [5.41, 5.74) is 4.42. The van der Waals surface area contributed by atoms with Gasteiger partial charge >= 0.3 is 0 Å². The van der Waals surface area contributed by atoms with Crippen molar-refractivity contribution in [2.45, 2.75) is 32.0 Å². The van der Waals surface area contributed by atoms with E-state index in [1.54, 1.807) is 12.5 Å². The van der Waals surface area contributed by atoms with Crippen LogP contribution in [0.15, 0.2) is 77.6 Å². The molecule has 27 heavy (non-hydrogen) atoms. The van der Waals surface area contributed by atoms with E-state index < -0.39 is 0 Å². The second kappa shape index (κ2) is 8.23. The maximum absolute atomic E-state index is 13.0. The highest BCUT2D eigenvalue weighted by Gasteiger charge is 2.28. The van der Waals surface area contributed by atoms with Crippen LogP contribution < -0.4 is 0 Å². The lowest BCUT2D eigenvalue weighted by Gasteiger charge is -2.25. The van der Waals surface area contributed by atoms with E-state index in [1.165, 1.54) is 5.56 Å². The van der Waals surface area contributed by atoms with Crippen molar-refractivity contribution in [2.24, 2.45) is 0 Å². The highest BCUT2D eigenvalue weighted by atomic mass is 16.5. The van der Waals surface area contributed by atoms with Gasteiger partial charge < -0.3 is 14.1 Å². The number of carbonyl (C=O) groups excluding carboxylic acids is 1. The van der Waals surface area contributed by atoms with Crippen molar-refractivity contribution >= 4 is 5.91 Å². The van der Waals surface area contributed by atoms with E-state index in [1.807, 2.05) is 35.2 Å². The van der Waals surface area contributed by atoms with Crippen molar-refractivity contribution < 1.29 is 13.9 Å². The van der Waals surface area contributed by atoms with Crippen LogP contribution in [0, 0.1) is 0 Å². The zero-order chi connectivity index (χ0) is 18.5. The van der Waals surface area contributed by atoms with Crippen LogP contribution in [0.3, 0.4) is 0 Å². The average molecular weight is 361 g/mol. The van der Waals surface area contributed by atoms with Gasteiger partial charge in [-0.15, -0.1) is 0 Å². The van der Waals surface area contributed by atoms with Crippen LogP contribution in [-0.4, -0.2) is 23.5 Å². The molecule has 138 valence electrons. The third-order valence-electron chi connectivity index (χ3n) is 4.88. The molecule has 3 aromatic rings. The second-order valence-corrected chi connectivity index (χ2v) is 6.89. The summed E-state index contributed by atoms with van der Waals surface area (Å²) in [5.74, 6) is 0.0545. The molecule has 0 aliphatic carbocycles. The Morgan fingerprint density at radius 1 is 0.963 bits per heavy atom. The van der Waals surface area contributed by atoms with Gasteiger partial charge in [0.15, 0.2) is 0 Å².